The van der Waals surface area contributed by atoms with E-state index in [4.69, 9.17) is 21.1 Å². The fraction of sp³-hybridized carbons (Fsp3) is 0.222. The number of aliphatic carboxylic acids is 1. The number of aromatic nitrogens is 1. The number of para-hydroxylation sites is 1. The van der Waals surface area contributed by atoms with E-state index < -0.39 is 17.8 Å². The summed E-state index contributed by atoms with van der Waals surface area (Å²) in [4.78, 5) is 15.2. The van der Waals surface area contributed by atoms with Crippen LogP contribution in [0.4, 0.5) is 4.39 Å². The summed E-state index contributed by atoms with van der Waals surface area (Å²) in [5.74, 6) is -0.360. The molecule has 0 bridgehead atoms. The van der Waals surface area contributed by atoms with E-state index in [1.165, 1.54) is 12.1 Å². The lowest BCUT2D eigenvalue weighted by Gasteiger charge is -2.18. The average molecular weight is 576 g/mol. The summed E-state index contributed by atoms with van der Waals surface area (Å²) in [6.07, 6.45) is 2.18. The minimum absolute atomic E-state index is 0.126. The van der Waals surface area contributed by atoms with Crippen LogP contribution < -0.4 is 14.8 Å². The second-order valence-electron chi connectivity index (χ2n) is 8.20. The minimum atomic E-state index is -0.930. The van der Waals surface area contributed by atoms with Crippen LogP contribution in [-0.2, 0) is 24.4 Å². The fourth-order valence-electron chi connectivity index (χ4n) is 3.92. The number of carboxylic acids is 1. The van der Waals surface area contributed by atoms with Crippen molar-refractivity contribution in [3.63, 3.8) is 0 Å². The van der Waals surface area contributed by atoms with Crippen LogP contribution in [0.25, 0.3) is 10.9 Å². The molecule has 0 aliphatic carbocycles. The molecule has 188 valence electrons. The van der Waals surface area contributed by atoms with Crippen molar-refractivity contribution in [2.75, 3.05) is 6.61 Å². The van der Waals surface area contributed by atoms with E-state index in [9.17, 15) is 14.3 Å². The van der Waals surface area contributed by atoms with E-state index in [2.05, 4.69) is 26.2 Å². The van der Waals surface area contributed by atoms with Crippen LogP contribution in [0.5, 0.6) is 11.5 Å². The molecule has 0 aliphatic heterocycles. The number of carboxylic acid groups (broad SMARTS) is 1. The van der Waals surface area contributed by atoms with Gasteiger partial charge in [-0.2, -0.15) is 0 Å². The van der Waals surface area contributed by atoms with Gasteiger partial charge in [0.2, 0.25) is 0 Å². The number of hydrogen-bond donors (Lipinski definition) is 3. The first-order valence-corrected chi connectivity index (χ1v) is 12.6. The zero-order valence-electron chi connectivity index (χ0n) is 19.5. The van der Waals surface area contributed by atoms with Crippen LogP contribution in [0.15, 0.2) is 65.3 Å². The average Bonchev–Trinajstić information content (AvgIpc) is 3.25. The maximum absolute atomic E-state index is 13.3. The number of H-pyrrole nitrogens is 1. The van der Waals surface area contributed by atoms with Gasteiger partial charge in [-0.1, -0.05) is 35.9 Å². The number of benzene rings is 3. The largest absolute Gasteiger partial charge is 0.490 e. The normalized spacial score (nSPS) is 12.0. The Balaban J connectivity index is 1.48. The van der Waals surface area contributed by atoms with Crippen molar-refractivity contribution in [1.29, 1.82) is 0 Å². The summed E-state index contributed by atoms with van der Waals surface area (Å²) in [6.45, 7) is 2.71. The summed E-state index contributed by atoms with van der Waals surface area (Å²) in [6, 6.07) is 14.8. The smallest absolute Gasteiger partial charge is 0.321 e. The number of aromatic amines is 1. The van der Waals surface area contributed by atoms with Crippen molar-refractivity contribution in [1.82, 2.24) is 10.3 Å². The number of halogens is 3. The highest BCUT2D eigenvalue weighted by Gasteiger charge is 2.20. The Hall–Kier alpha value is -3.07. The summed E-state index contributed by atoms with van der Waals surface area (Å²) in [5.41, 5.74) is 3.37. The van der Waals surface area contributed by atoms with E-state index in [0.717, 1.165) is 22.0 Å². The molecule has 0 amide bonds. The van der Waals surface area contributed by atoms with Gasteiger partial charge in [-0.3, -0.25) is 4.79 Å². The van der Waals surface area contributed by atoms with Crippen molar-refractivity contribution in [2.24, 2.45) is 0 Å². The number of ether oxygens (including phenoxy) is 2. The van der Waals surface area contributed by atoms with Gasteiger partial charge in [0.1, 0.15) is 18.5 Å². The summed E-state index contributed by atoms with van der Waals surface area (Å²) >= 11 is 9.66. The van der Waals surface area contributed by atoms with Gasteiger partial charge in [-0.25, -0.2) is 4.39 Å². The van der Waals surface area contributed by atoms with Crippen molar-refractivity contribution in [3.05, 3.63) is 92.8 Å². The Bertz CT molecular complexity index is 1380. The Morgan fingerprint density at radius 1 is 1.17 bits per heavy atom. The maximum Gasteiger partial charge on any atom is 0.321 e. The van der Waals surface area contributed by atoms with Crippen molar-refractivity contribution in [2.45, 2.75) is 32.5 Å². The quantitative estimate of drug-likeness (QED) is 0.191. The fourth-order valence-corrected chi connectivity index (χ4v) is 4.75. The Labute approximate surface area is 221 Å². The predicted molar refractivity (Wildman–Crippen MR) is 141 cm³/mol. The second kappa shape index (κ2) is 11.8. The topological polar surface area (TPSA) is 83.6 Å². The lowest BCUT2D eigenvalue weighted by Crippen LogP contribution is -2.38. The molecule has 0 saturated heterocycles. The molecule has 4 aromatic rings. The van der Waals surface area contributed by atoms with Gasteiger partial charge < -0.3 is 24.9 Å². The van der Waals surface area contributed by atoms with Gasteiger partial charge >= 0.3 is 5.97 Å². The molecule has 1 heterocycles. The van der Waals surface area contributed by atoms with E-state index in [0.29, 0.717) is 41.1 Å². The standard InChI is InChI=1S/C27H25BrClFN2O4/c1-2-35-25-10-16(9-21(28)26(25)36-15-17-7-8-19(30)12-22(17)29)13-31-24(27(33)34)11-18-14-32-23-6-4-3-5-20(18)23/h3-10,12,14,24,31-32H,2,11,13,15H2,1H3,(H,33,34). The molecule has 36 heavy (non-hydrogen) atoms. The van der Waals surface area contributed by atoms with Crippen molar-refractivity contribution < 1.29 is 23.8 Å². The number of fused-ring (bicyclic) bond motifs is 1. The van der Waals surface area contributed by atoms with Crippen LogP contribution >= 0.6 is 27.5 Å². The van der Waals surface area contributed by atoms with Crippen LogP contribution in [-0.4, -0.2) is 28.7 Å². The molecule has 1 atom stereocenters. The molecule has 0 saturated carbocycles. The highest BCUT2D eigenvalue weighted by atomic mass is 79.9. The first-order chi connectivity index (χ1) is 17.4. The molecule has 9 heteroatoms. The first-order valence-electron chi connectivity index (χ1n) is 11.4. The molecular weight excluding hydrogens is 551 g/mol. The Morgan fingerprint density at radius 2 is 1.97 bits per heavy atom. The van der Waals surface area contributed by atoms with E-state index in [1.807, 2.05) is 49.5 Å². The third-order valence-corrected chi connectivity index (χ3v) is 6.65. The van der Waals surface area contributed by atoms with Gasteiger partial charge in [0, 0.05) is 35.6 Å². The predicted octanol–water partition coefficient (Wildman–Crippen LogP) is 6.49. The maximum atomic E-state index is 13.3. The van der Waals surface area contributed by atoms with Crippen LogP contribution in [0, 0.1) is 5.82 Å². The minimum Gasteiger partial charge on any atom is -0.490 e. The third kappa shape index (κ3) is 6.19. The van der Waals surface area contributed by atoms with Gasteiger partial charge in [0.05, 0.1) is 16.1 Å². The number of nitrogens with one attached hydrogen (secondary N) is 2. The molecule has 0 aliphatic rings. The molecule has 1 aromatic heterocycles. The van der Waals surface area contributed by atoms with Crippen LogP contribution in [0.2, 0.25) is 5.02 Å². The van der Waals surface area contributed by atoms with E-state index in [-0.39, 0.29) is 11.6 Å². The first kappa shape index (κ1) is 26.0. The second-order valence-corrected chi connectivity index (χ2v) is 9.46. The molecule has 3 N–H and O–H groups in total. The van der Waals surface area contributed by atoms with Gasteiger partial charge in [-0.15, -0.1) is 0 Å². The van der Waals surface area contributed by atoms with E-state index in [1.54, 1.807) is 6.07 Å². The highest BCUT2D eigenvalue weighted by Crippen LogP contribution is 2.38. The zero-order chi connectivity index (χ0) is 25.7. The molecule has 6 nitrogen and oxygen atoms in total. The zero-order valence-corrected chi connectivity index (χ0v) is 21.8. The van der Waals surface area contributed by atoms with Gasteiger partial charge in [0.15, 0.2) is 11.5 Å². The third-order valence-electron chi connectivity index (χ3n) is 5.71. The molecule has 4 rings (SSSR count). The molecule has 0 spiro atoms. The van der Waals surface area contributed by atoms with Crippen LogP contribution in [0.1, 0.15) is 23.6 Å². The monoisotopic (exact) mass is 574 g/mol. The highest BCUT2D eigenvalue weighted by molar-refractivity contribution is 9.10. The molecule has 3 aromatic carbocycles. The van der Waals surface area contributed by atoms with Gasteiger partial charge in [0.25, 0.3) is 0 Å². The van der Waals surface area contributed by atoms with E-state index >= 15 is 0 Å². The number of rotatable bonds is 11. The molecule has 0 radical (unpaired) electrons. The summed E-state index contributed by atoms with van der Waals surface area (Å²) in [7, 11) is 0. The number of carbonyl (C=O) groups is 1. The van der Waals surface area contributed by atoms with Gasteiger partial charge in [-0.05, 0) is 64.3 Å². The molecule has 1 unspecified atom stereocenters. The SMILES string of the molecule is CCOc1cc(CNC(Cc2c[nH]c3ccccc23)C(=O)O)cc(Br)c1OCc1ccc(F)cc1Cl. The van der Waals surface area contributed by atoms with Crippen molar-refractivity contribution in [3.8, 4) is 11.5 Å². The Morgan fingerprint density at radius 3 is 2.72 bits per heavy atom. The van der Waals surface area contributed by atoms with Crippen LogP contribution in [0.3, 0.4) is 0 Å². The number of hydrogen-bond acceptors (Lipinski definition) is 4. The summed E-state index contributed by atoms with van der Waals surface area (Å²) < 4.78 is 25.7. The molecule has 0 fully saturated rings. The lowest BCUT2D eigenvalue weighted by molar-refractivity contribution is -0.139. The summed E-state index contributed by atoms with van der Waals surface area (Å²) in [5, 5.41) is 14.2. The van der Waals surface area contributed by atoms with Crippen molar-refractivity contribution >= 4 is 44.4 Å². The molecular formula is C27H25BrClFN2O4. The Kier molecular flexibility index (Phi) is 8.51. The lowest BCUT2D eigenvalue weighted by atomic mass is 10.0.